The van der Waals surface area contributed by atoms with E-state index in [2.05, 4.69) is 5.32 Å². The molecule has 0 bridgehead atoms. The number of carbonyl (C=O) groups excluding carboxylic acids is 3. The molecule has 1 atom stereocenters. The van der Waals surface area contributed by atoms with Crippen LogP contribution in [0.15, 0.2) is 36.4 Å². The predicted molar refractivity (Wildman–Crippen MR) is 116 cm³/mol. The molecule has 1 aliphatic heterocycles. The molecule has 1 heterocycles. The van der Waals surface area contributed by atoms with Gasteiger partial charge in [0.25, 0.3) is 11.6 Å². The zero-order chi connectivity index (χ0) is 23.4. The average Bonchev–Trinajstić information content (AvgIpc) is 3.15. The van der Waals surface area contributed by atoms with Gasteiger partial charge in [0.15, 0.2) is 6.61 Å². The fourth-order valence-corrected chi connectivity index (χ4v) is 3.47. The van der Waals surface area contributed by atoms with Crippen molar-refractivity contribution in [1.82, 2.24) is 0 Å². The molecule has 1 N–H and O–H groups in total. The molecule has 2 aromatic carbocycles. The molecule has 10 nitrogen and oxygen atoms in total. The van der Waals surface area contributed by atoms with Crippen molar-refractivity contribution in [3.05, 3.63) is 57.6 Å². The second kappa shape index (κ2) is 9.46. The van der Waals surface area contributed by atoms with E-state index in [0.29, 0.717) is 5.75 Å². The van der Waals surface area contributed by atoms with Gasteiger partial charge in [0.2, 0.25) is 5.91 Å². The number of ether oxygens (including phenoxy) is 2. The van der Waals surface area contributed by atoms with Crippen molar-refractivity contribution < 1.29 is 28.8 Å². The molecule has 0 aliphatic carbocycles. The molecule has 0 aromatic heterocycles. The van der Waals surface area contributed by atoms with Crippen LogP contribution in [0.25, 0.3) is 0 Å². The van der Waals surface area contributed by atoms with Gasteiger partial charge >= 0.3 is 5.97 Å². The third-order valence-electron chi connectivity index (χ3n) is 5.35. The normalized spacial score (nSPS) is 15.4. The van der Waals surface area contributed by atoms with Crippen molar-refractivity contribution in [3.8, 4) is 5.75 Å². The van der Waals surface area contributed by atoms with Gasteiger partial charge in [0.05, 0.1) is 18.0 Å². The summed E-state index contributed by atoms with van der Waals surface area (Å²) in [7, 11) is 1.39. The largest absolute Gasteiger partial charge is 0.497 e. The van der Waals surface area contributed by atoms with E-state index >= 15 is 0 Å². The summed E-state index contributed by atoms with van der Waals surface area (Å²) in [4.78, 5) is 49.2. The Balaban J connectivity index is 1.60. The predicted octanol–water partition coefficient (Wildman–Crippen LogP) is 2.76. The molecule has 0 radical (unpaired) electrons. The molecular weight excluding hydrogens is 418 g/mol. The topological polar surface area (TPSA) is 128 Å². The van der Waals surface area contributed by atoms with E-state index in [0.717, 1.165) is 16.8 Å². The van der Waals surface area contributed by atoms with Crippen LogP contribution in [0.3, 0.4) is 0 Å². The number of aryl methyl sites for hydroxylation is 1. The van der Waals surface area contributed by atoms with Crippen molar-refractivity contribution in [2.24, 2.45) is 5.92 Å². The number of nitrogens with one attached hydrogen (secondary N) is 1. The number of amides is 2. The standard InChI is InChI=1S/C22H23N3O7/c1-13-5-4-6-18(14(13)2)24-11-15(9-21(24)27)22(28)32-12-20(26)23-17-10-16(31-3)7-8-19(17)25(29)30/h4-8,10,15H,9,11-12H2,1-3H3,(H,23,26)/t15-/m1/s1. The first-order chi connectivity index (χ1) is 15.2. The minimum atomic E-state index is -0.745. The lowest BCUT2D eigenvalue weighted by Gasteiger charge is -2.20. The fourth-order valence-electron chi connectivity index (χ4n) is 3.47. The summed E-state index contributed by atoms with van der Waals surface area (Å²) in [6.45, 7) is 3.37. The molecule has 2 aromatic rings. The summed E-state index contributed by atoms with van der Waals surface area (Å²) in [5.74, 6) is -2.01. The summed E-state index contributed by atoms with van der Waals surface area (Å²) < 4.78 is 10.1. The van der Waals surface area contributed by atoms with E-state index < -0.39 is 29.3 Å². The minimum absolute atomic E-state index is 0.0187. The van der Waals surface area contributed by atoms with Gasteiger partial charge in [-0.1, -0.05) is 12.1 Å². The maximum atomic E-state index is 12.5. The molecule has 3 rings (SSSR count). The smallest absolute Gasteiger partial charge is 0.311 e. The Hall–Kier alpha value is -3.95. The number of methoxy groups -OCH3 is 1. The lowest BCUT2D eigenvalue weighted by Crippen LogP contribution is -2.28. The molecule has 0 saturated carbocycles. The summed E-state index contributed by atoms with van der Waals surface area (Å²) in [5, 5.41) is 13.5. The van der Waals surface area contributed by atoms with Gasteiger partial charge < -0.3 is 19.7 Å². The first kappa shape index (κ1) is 22.7. The van der Waals surface area contributed by atoms with E-state index in [-0.39, 0.29) is 30.2 Å². The molecule has 1 aliphatic rings. The Labute approximate surface area is 184 Å². The Kier molecular flexibility index (Phi) is 6.72. The van der Waals surface area contributed by atoms with Crippen LogP contribution in [-0.4, -0.2) is 43.0 Å². The number of nitro benzene ring substituents is 1. The van der Waals surface area contributed by atoms with E-state index in [4.69, 9.17) is 9.47 Å². The van der Waals surface area contributed by atoms with Gasteiger partial charge in [-0.05, 0) is 37.1 Å². The molecule has 0 spiro atoms. The number of nitrogens with zero attached hydrogens (tertiary/aromatic N) is 2. The number of anilines is 2. The minimum Gasteiger partial charge on any atom is -0.497 e. The third kappa shape index (κ3) is 4.85. The van der Waals surface area contributed by atoms with Gasteiger partial charge in [-0.15, -0.1) is 0 Å². The highest BCUT2D eigenvalue weighted by Gasteiger charge is 2.37. The number of hydrogen-bond acceptors (Lipinski definition) is 7. The summed E-state index contributed by atoms with van der Waals surface area (Å²) in [6, 6.07) is 9.51. The highest BCUT2D eigenvalue weighted by atomic mass is 16.6. The number of hydrogen-bond donors (Lipinski definition) is 1. The fraction of sp³-hybridized carbons (Fsp3) is 0.318. The van der Waals surface area contributed by atoms with Crippen LogP contribution >= 0.6 is 0 Å². The van der Waals surface area contributed by atoms with Gasteiger partial charge in [-0.2, -0.15) is 0 Å². The van der Waals surface area contributed by atoms with Crippen LogP contribution in [-0.2, 0) is 19.1 Å². The Bertz CT molecular complexity index is 1080. The van der Waals surface area contributed by atoms with Crippen LogP contribution in [0, 0.1) is 29.9 Å². The van der Waals surface area contributed by atoms with E-state index in [1.54, 1.807) is 4.90 Å². The maximum Gasteiger partial charge on any atom is 0.311 e. The molecular formula is C22H23N3O7. The second-order valence-electron chi connectivity index (χ2n) is 7.42. The first-order valence-electron chi connectivity index (χ1n) is 9.86. The van der Waals surface area contributed by atoms with Crippen LogP contribution in [0.2, 0.25) is 0 Å². The maximum absolute atomic E-state index is 12.5. The summed E-state index contributed by atoms with van der Waals surface area (Å²) in [5.41, 5.74) is 2.33. The lowest BCUT2D eigenvalue weighted by molar-refractivity contribution is -0.383. The van der Waals surface area contributed by atoms with Crippen molar-refractivity contribution >= 4 is 34.8 Å². The molecule has 10 heteroatoms. The summed E-state index contributed by atoms with van der Waals surface area (Å²) >= 11 is 0. The van der Waals surface area contributed by atoms with Crippen LogP contribution in [0.4, 0.5) is 17.1 Å². The van der Waals surface area contributed by atoms with Crippen LogP contribution < -0.4 is 15.0 Å². The number of rotatable bonds is 7. The quantitative estimate of drug-likeness (QED) is 0.397. The zero-order valence-corrected chi connectivity index (χ0v) is 17.9. The molecule has 0 unspecified atom stereocenters. The highest BCUT2D eigenvalue weighted by Crippen LogP contribution is 2.30. The van der Waals surface area contributed by atoms with E-state index in [1.165, 1.54) is 25.3 Å². The van der Waals surface area contributed by atoms with Crippen molar-refractivity contribution in [3.63, 3.8) is 0 Å². The van der Waals surface area contributed by atoms with Gasteiger partial charge in [-0.25, -0.2) is 0 Å². The van der Waals surface area contributed by atoms with Crippen LogP contribution in [0.5, 0.6) is 5.75 Å². The lowest BCUT2D eigenvalue weighted by atomic mass is 10.1. The van der Waals surface area contributed by atoms with Crippen molar-refractivity contribution in [2.75, 3.05) is 30.5 Å². The van der Waals surface area contributed by atoms with Crippen molar-refractivity contribution in [1.29, 1.82) is 0 Å². The average molecular weight is 441 g/mol. The Morgan fingerprint density at radius 1 is 1.25 bits per heavy atom. The molecule has 2 amide bonds. The molecule has 1 fully saturated rings. The SMILES string of the molecule is COc1ccc([N+](=O)[O-])c(NC(=O)COC(=O)[C@@H]2CC(=O)N(c3cccc(C)c3C)C2)c1. The zero-order valence-electron chi connectivity index (χ0n) is 17.9. The van der Waals surface area contributed by atoms with Gasteiger partial charge in [-0.3, -0.25) is 24.5 Å². The highest BCUT2D eigenvalue weighted by molar-refractivity contribution is 6.00. The molecule has 32 heavy (non-hydrogen) atoms. The van der Waals surface area contributed by atoms with Gasteiger partial charge in [0, 0.05) is 30.8 Å². The number of nitro groups is 1. The number of carbonyl (C=O) groups is 3. The second-order valence-corrected chi connectivity index (χ2v) is 7.42. The van der Waals surface area contributed by atoms with Crippen LogP contribution in [0.1, 0.15) is 17.5 Å². The van der Waals surface area contributed by atoms with E-state index in [1.807, 2.05) is 32.0 Å². The Morgan fingerprint density at radius 2 is 2.00 bits per heavy atom. The third-order valence-corrected chi connectivity index (χ3v) is 5.35. The summed E-state index contributed by atoms with van der Waals surface area (Å²) in [6.07, 6.45) is -0.0187. The van der Waals surface area contributed by atoms with Gasteiger partial charge in [0.1, 0.15) is 11.4 Å². The molecule has 168 valence electrons. The van der Waals surface area contributed by atoms with Crippen molar-refractivity contribution in [2.45, 2.75) is 20.3 Å². The number of benzene rings is 2. The monoisotopic (exact) mass is 441 g/mol. The first-order valence-corrected chi connectivity index (χ1v) is 9.86. The number of esters is 1. The Morgan fingerprint density at radius 3 is 2.69 bits per heavy atom. The van der Waals surface area contributed by atoms with E-state index in [9.17, 15) is 24.5 Å². The molecule has 1 saturated heterocycles.